The van der Waals surface area contributed by atoms with Crippen LogP contribution in [0.1, 0.15) is 18.9 Å². The third kappa shape index (κ3) is 2.96. The Kier molecular flexibility index (Phi) is 4.00. The molecule has 0 spiro atoms. The molecule has 4 rings (SSSR count). The summed E-state index contributed by atoms with van der Waals surface area (Å²) in [6.45, 7) is 3.83. The maximum atomic E-state index is 14.2. The Morgan fingerprint density at radius 3 is 2.65 bits per heavy atom. The fraction of sp³-hybridized carbons (Fsp3) is 0.500. The van der Waals surface area contributed by atoms with Gasteiger partial charge in [0.05, 0.1) is 25.4 Å². The van der Waals surface area contributed by atoms with Gasteiger partial charge in [0, 0.05) is 19.1 Å². The molecule has 1 aliphatic heterocycles. The van der Waals surface area contributed by atoms with Crippen LogP contribution in [0.15, 0.2) is 24.3 Å². The van der Waals surface area contributed by atoms with Gasteiger partial charge in [0.2, 0.25) is 0 Å². The highest BCUT2D eigenvalue weighted by Crippen LogP contribution is 2.39. The first-order valence-corrected chi connectivity index (χ1v) is 8.39. The van der Waals surface area contributed by atoms with Crippen LogP contribution in [-0.2, 0) is 11.4 Å². The van der Waals surface area contributed by atoms with Crippen LogP contribution in [0.5, 0.6) is 0 Å². The molecular weight excluding hydrogens is 315 g/mol. The average molecular weight is 334 g/mol. The molecule has 2 aliphatic rings. The molecule has 2 aromatic rings. The fourth-order valence-corrected chi connectivity index (χ4v) is 3.27. The first kappa shape index (κ1) is 15.0. The van der Waals surface area contributed by atoms with Crippen LogP contribution in [-0.4, -0.2) is 45.6 Å². The van der Waals surface area contributed by atoms with Crippen molar-refractivity contribution < 1.29 is 9.13 Å². The van der Waals surface area contributed by atoms with Crippen molar-refractivity contribution in [2.45, 2.75) is 25.6 Å². The smallest absolute Gasteiger partial charge is 0.199 e. The molecule has 0 bridgehead atoms. The number of halogens is 1. The van der Waals surface area contributed by atoms with Gasteiger partial charge < -0.3 is 4.74 Å². The number of nitrogens with zero attached hydrogens (tertiary/aromatic N) is 4. The molecule has 1 saturated heterocycles. The minimum Gasteiger partial charge on any atom is -0.379 e. The molecule has 7 heteroatoms. The van der Waals surface area contributed by atoms with Gasteiger partial charge in [-0.1, -0.05) is 12.1 Å². The molecular formula is C16H19FN4OS. The second-order valence-electron chi connectivity index (χ2n) is 6.06. The van der Waals surface area contributed by atoms with Gasteiger partial charge in [0.25, 0.3) is 0 Å². The van der Waals surface area contributed by atoms with Gasteiger partial charge in [-0.25, -0.2) is 9.07 Å². The van der Waals surface area contributed by atoms with Crippen LogP contribution >= 0.6 is 12.2 Å². The Labute approximate surface area is 139 Å². The highest BCUT2D eigenvalue weighted by molar-refractivity contribution is 7.71. The van der Waals surface area contributed by atoms with Crippen LogP contribution in [0, 0.1) is 10.6 Å². The van der Waals surface area contributed by atoms with Crippen LogP contribution in [0.2, 0.25) is 0 Å². The Morgan fingerprint density at radius 2 is 1.96 bits per heavy atom. The molecule has 1 aromatic carbocycles. The first-order chi connectivity index (χ1) is 11.2. The largest absolute Gasteiger partial charge is 0.379 e. The lowest BCUT2D eigenvalue weighted by atomic mass is 10.2. The van der Waals surface area contributed by atoms with Crippen LogP contribution in [0.25, 0.3) is 11.4 Å². The zero-order valence-corrected chi connectivity index (χ0v) is 13.6. The Morgan fingerprint density at radius 1 is 1.22 bits per heavy atom. The van der Waals surface area contributed by atoms with E-state index in [0.717, 1.165) is 39.1 Å². The van der Waals surface area contributed by atoms with E-state index in [9.17, 15) is 4.39 Å². The van der Waals surface area contributed by atoms with Crippen molar-refractivity contribution in [3.05, 3.63) is 34.9 Å². The molecule has 2 fully saturated rings. The number of benzene rings is 1. The predicted molar refractivity (Wildman–Crippen MR) is 87.1 cm³/mol. The van der Waals surface area contributed by atoms with E-state index in [1.165, 1.54) is 6.07 Å². The Hall–Kier alpha value is -1.57. The normalized spacial score (nSPS) is 19.2. The van der Waals surface area contributed by atoms with E-state index in [2.05, 4.69) is 10.00 Å². The van der Waals surface area contributed by atoms with Crippen molar-refractivity contribution in [3.63, 3.8) is 0 Å². The molecule has 1 aliphatic carbocycles. The number of aromatic nitrogens is 3. The van der Waals surface area contributed by atoms with Gasteiger partial charge in [-0.15, -0.1) is 0 Å². The Balaban J connectivity index is 1.72. The van der Waals surface area contributed by atoms with Gasteiger partial charge in [-0.05, 0) is 37.2 Å². The molecule has 0 atom stereocenters. The summed E-state index contributed by atoms with van der Waals surface area (Å²) in [5.41, 5.74) is 0.520. The van der Waals surface area contributed by atoms with E-state index in [1.807, 2.05) is 15.3 Å². The average Bonchev–Trinajstić information content (AvgIpc) is 3.35. The summed E-state index contributed by atoms with van der Waals surface area (Å²) >= 11 is 5.62. The second kappa shape index (κ2) is 6.14. The lowest BCUT2D eigenvalue weighted by Gasteiger charge is -2.26. The summed E-state index contributed by atoms with van der Waals surface area (Å²) in [6.07, 6.45) is 2.16. The third-order valence-electron chi connectivity index (χ3n) is 4.33. The summed E-state index contributed by atoms with van der Waals surface area (Å²) in [7, 11) is 0. The highest BCUT2D eigenvalue weighted by Gasteiger charge is 2.30. The van der Waals surface area contributed by atoms with Crippen molar-refractivity contribution in [1.82, 2.24) is 19.2 Å². The molecule has 122 valence electrons. The van der Waals surface area contributed by atoms with Gasteiger partial charge in [0.1, 0.15) is 5.82 Å². The van der Waals surface area contributed by atoms with Crippen LogP contribution in [0.3, 0.4) is 0 Å². The number of hydrogen-bond acceptors (Lipinski definition) is 4. The molecule has 23 heavy (non-hydrogen) atoms. The maximum Gasteiger partial charge on any atom is 0.199 e. The van der Waals surface area contributed by atoms with Crippen molar-refractivity contribution in [3.8, 4) is 11.4 Å². The number of morpholine rings is 1. The molecule has 0 unspecified atom stereocenters. The summed E-state index contributed by atoms with van der Waals surface area (Å²) in [5.74, 6) is 0.386. The number of ether oxygens (including phenoxy) is 1. The zero-order chi connectivity index (χ0) is 15.8. The second-order valence-corrected chi connectivity index (χ2v) is 6.42. The molecule has 0 amide bonds. The molecule has 5 nitrogen and oxygen atoms in total. The molecule has 0 N–H and O–H groups in total. The zero-order valence-electron chi connectivity index (χ0n) is 12.8. The van der Waals surface area contributed by atoms with Crippen LogP contribution < -0.4 is 0 Å². The van der Waals surface area contributed by atoms with Crippen molar-refractivity contribution in [2.24, 2.45) is 0 Å². The van der Waals surface area contributed by atoms with Gasteiger partial charge >= 0.3 is 0 Å². The fourth-order valence-electron chi connectivity index (χ4n) is 2.93. The monoisotopic (exact) mass is 334 g/mol. The van der Waals surface area contributed by atoms with Gasteiger partial charge in [0.15, 0.2) is 10.6 Å². The topological polar surface area (TPSA) is 35.2 Å². The third-order valence-corrected chi connectivity index (χ3v) is 4.74. The standard InChI is InChI=1S/C16H19FN4OS/c17-14-4-2-1-3-13(14)15-18-20(11-19-7-9-22-10-8-19)16(23)21(15)12-5-6-12/h1-4,12H,5-11H2. The highest BCUT2D eigenvalue weighted by atomic mass is 32.1. The van der Waals surface area contributed by atoms with Gasteiger partial charge in [-0.3, -0.25) is 9.47 Å². The van der Waals surface area contributed by atoms with Crippen LogP contribution in [0.4, 0.5) is 4.39 Å². The minimum absolute atomic E-state index is 0.257. The predicted octanol–water partition coefficient (Wildman–Crippen LogP) is 2.84. The van der Waals surface area contributed by atoms with E-state index in [-0.39, 0.29) is 5.82 Å². The van der Waals surface area contributed by atoms with Crippen molar-refractivity contribution in [2.75, 3.05) is 26.3 Å². The van der Waals surface area contributed by atoms with E-state index in [0.29, 0.717) is 28.9 Å². The van der Waals surface area contributed by atoms with Crippen molar-refractivity contribution in [1.29, 1.82) is 0 Å². The summed E-state index contributed by atoms with van der Waals surface area (Å²) in [4.78, 5) is 2.26. The lowest BCUT2D eigenvalue weighted by molar-refractivity contribution is 0.0209. The van der Waals surface area contributed by atoms with Gasteiger partial charge in [-0.2, -0.15) is 5.10 Å². The number of hydrogen-bond donors (Lipinski definition) is 0. The van der Waals surface area contributed by atoms with Crippen molar-refractivity contribution >= 4 is 12.2 Å². The summed E-state index contributed by atoms with van der Waals surface area (Å²) in [6, 6.07) is 7.12. The number of rotatable bonds is 4. The summed E-state index contributed by atoms with van der Waals surface area (Å²) < 4.78 is 24.1. The van der Waals surface area contributed by atoms with E-state index in [4.69, 9.17) is 17.0 Å². The van der Waals surface area contributed by atoms with E-state index >= 15 is 0 Å². The summed E-state index contributed by atoms with van der Waals surface area (Å²) in [5, 5.41) is 4.65. The SMILES string of the molecule is Fc1ccccc1-c1nn(CN2CCOCC2)c(=S)n1C1CC1. The molecule has 1 aromatic heterocycles. The quantitative estimate of drug-likeness (QED) is 0.806. The lowest BCUT2D eigenvalue weighted by Crippen LogP contribution is -2.37. The minimum atomic E-state index is -0.257. The van der Waals surface area contributed by atoms with E-state index in [1.54, 1.807) is 12.1 Å². The first-order valence-electron chi connectivity index (χ1n) is 7.98. The maximum absolute atomic E-state index is 14.2. The Bertz CT molecular complexity index is 762. The van der Waals surface area contributed by atoms with E-state index < -0.39 is 0 Å². The molecule has 1 saturated carbocycles. The molecule has 2 heterocycles. The molecule has 0 radical (unpaired) electrons.